The first-order valence-electron chi connectivity index (χ1n) is 7.37. The van der Waals surface area contributed by atoms with Crippen molar-refractivity contribution in [3.05, 3.63) is 44.8 Å². The lowest BCUT2D eigenvalue weighted by Gasteiger charge is -2.31. The molecule has 2 aromatic heterocycles. The van der Waals surface area contributed by atoms with E-state index in [0.717, 1.165) is 17.7 Å². The number of likely N-dealkylation sites (tertiary alicyclic amines) is 1. The van der Waals surface area contributed by atoms with Crippen molar-refractivity contribution in [2.45, 2.75) is 19.4 Å². The lowest BCUT2D eigenvalue weighted by molar-refractivity contribution is -0.126. The molecule has 1 aliphatic rings. The Hall–Kier alpha value is -1.66. The molecule has 0 unspecified atom stereocenters. The monoisotopic (exact) mass is 334 g/mol. The lowest BCUT2D eigenvalue weighted by Crippen LogP contribution is -2.42. The summed E-state index contributed by atoms with van der Waals surface area (Å²) in [6.07, 6.45) is 1.49. The number of rotatable bonds is 4. The van der Waals surface area contributed by atoms with Crippen LogP contribution in [0.5, 0.6) is 0 Å². The summed E-state index contributed by atoms with van der Waals surface area (Å²) in [6, 6.07) is 7.75. The Morgan fingerprint density at radius 1 is 1.14 bits per heavy atom. The first kappa shape index (κ1) is 15.2. The molecule has 3 rings (SSSR count). The smallest absolute Gasteiger partial charge is 0.263 e. The van der Waals surface area contributed by atoms with Crippen molar-refractivity contribution in [3.8, 4) is 0 Å². The zero-order chi connectivity index (χ0) is 15.4. The molecule has 2 amide bonds. The minimum atomic E-state index is 0.0207. The number of thiophene rings is 2. The highest BCUT2D eigenvalue weighted by atomic mass is 32.1. The summed E-state index contributed by atoms with van der Waals surface area (Å²) in [6.45, 7) is 1.92. The van der Waals surface area contributed by atoms with Gasteiger partial charge in [0.15, 0.2) is 0 Å². The van der Waals surface area contributed by atoms with Crippen LogP contribution in [0.3, 0.4) is 0 Å². The molecular formula is C16H18N2O2S2. The fourth-order valence-corrected chi connectivity index (χ4v) is 3.97. The molecule has 1 aliphatic heterocycles. The second kappa shape index (κ2) is 7.07. The summed E-state index contributed by atoms with van der Waals surface area (Å²) in [4.78, 5) is 28.2. The molecule has 4 nitrogen and oxygen atoms in total. The lowest BCUT2D eigenvalue weighted by atomic mass is 9.96. The zero-order valence-corrected chi connectivity index (χ0v) is 13.8. The molecule has 0 spiro atoms. The minimum Gasteiger partial charge on any atom is -0.351 e. The fraction of sp³-hybridized carbons (Fsp3) is 0.375. The maximum Gasteiger partial charge on any atom is 0.263 e. The van der Waals surface area contributed by atoms with Gasteiger partial charge in [-0.15, -0.1) is 22.7 Å². The summed E-state index contributed by atoms with van der Waals surface area (Å²) in [7, 11) is 0. The molecular weight excluding hydrogens is 316 g/mol. The molecule has 22 heavy (non-hydrogen) atoms. The van der Waals surface area contributed by atoms with Crippen molar-refractivity contribution in [2.75, 3.05) is 13.1 Å². The normalized spacial score (nSPS) is 15.7. The first-order valence-corrected chi connectivity index (χ1v) is 9.13. The standard InChI is InChI=1S/C16H18N2O2S2/c19-15(17-11-13-3-1-9-21-13)12-5-7-18(8-6-12)16(20)14-4-2-10-22-14/h1-4,9-10,12H,5-8,11H2,(H,17,19). The quantitative estimate of drug-likeness (QED) is 0.934. The molecule has 0 aliphatic carbocycles. The van der Waals surface area contributed by atoms with Crippen molar-refractivity contribution in [1.82, 2.24) is 10.2 Å². The van der Waals surface area contributed by atoms with Crippen molar-refractivity contribution >= 4 is 34.5 Å². The van der Waals surface area contributed by atoms with E-state index in [1.807, 2.05) is 39.9 Å². The van der Waals surface area contributed by atoms with Crippen LogP contribution >= 0.6 is 22.7 Å². The van der Waals surface area contributed by atoms with Crippen LogP contribution in [-0.2, 0) is 11.3 Å². The average molecular weight is 334 g/mol. The molecule has 0 radical (unpaired) electrons. The Labute approximate surface area is 137 Å². The summed E-state index contributed by atoms with van der Waals surface area (Å²) in [5.74, 6) is 0.219. The predicted molar refractivity (Wildman–Crippen MR) is 89.1 cm³/mol. The second-order valence-electron chi connectivity index (χ2n) is 5.34. The third-order valence-corrected chi connectivity index (χ3v) is 5.64. The molecule has 0 bridgehead atoms. The maximum atomic E-state index is 12.3. The number of carbonyl (C=O) groups excluding carboxylic acids is 2. The van der Waals surface area contributed by atoms with E-state index in [0.29, 0.717) is 19.6 Å². The molecule has 0 aromatic carbocycles. The molecule has 116 valence electrons. The highest BCUT2D eigenvalue weighted by Gasteiger charge is 2.27. The molecule has 6 heteroatoms. The van der Waals surface area contributed by atoms with Gasteiger partial charge in [-0.2, -0.15) is 0 Å². The van der Waals surface area contributed by atoms with E-state index in [-0.39, 0.29) is 17.7 Å². The van der Waals surface area contributed by atoms with Gasteiger partial charge in [0.2, 0.25) is 5.91 Å². The molecule has 1 saturated heterocycles. The summed E-state index contributed by atoms with van der Waals surface area (Å²) >= 11 is 3.12. The van der Waals surface area contributed by atoms with Crippen LogP contribution in [0.2, 0.25) is 0 Å². The SMILES string of the molecule is O=C(NCc1cccs1)C1CCN(C(=O)c2cccs2)CC1. The number of carbonyl (C=O) groups is 2. The molecule has 0 atom stereocenters. The summed E-state index contributed by atoms with van der Waals surface area (Å²) < 4.78 is 0. The Balaban J connectivity index is 1.47. The van der Waals surface area contributed by atoms with E-state index >= 15 is 0 Å². The van der Waals surface area contributed by atoms with Crippen LogP contribution in [0, 0.1) is 5.92 Å². The van der Waals surface area contributed by atoms with Gasteiger partial charge in [0, 0.05) is 23.9 Å². The van der Waals surface area contributed by atoms with Crippen LogP contribution in [-0.4, -0.2) is 29.8 Å². The van der Waals surface area contributed by atoms with Crippen molar-refractivity contribution in [2.24, 2.45) is 5.92 Å². The van der Waals surface area contributed by atoms with Gasteiger partial charge in [0.25, 0.3) is 5.91 Å². The van der Waals surface area contributed by atoms with E-state index in [1.54, 1.807) is 11.3 Å². The van der Waals surface area contributed by atoms with Crippen LogP contribution in [0.4, 0.5) is 0 Å². The third-order valence-electron chi connectivity index (χ3n) is 3.90. The van der Waals surface area contributed by atoms with Gasteiger partial charge in [0.1, 0.15) is 0 Å². The Bertz CT molecular complexity index is 615. The number of piperidine rings is 1. The Kier molecular flexibility index (Phi) is 4.90. The number of nitrogens with zero attached hydrogens (tertiary/aromatic N) is 1. The van der Waals surface area contributed by atoms with Crippen LogP contribution in [0.1, 0.15) is 27.4 Å². The first-order chi connectivity index (χ1) is 10.7. The van der Waals surface area contributed by atoms with Crippen molar-refractivity contribution in [1.29, 1.82) is 0 Å². The van der Waals surface area contributed by atoms with Gasteiger partial charge in [0.05, 0.1) is 11.4 Å². The van der Waals surface area contributed by atoms with Gasteiger partial charge in [-0.3, -0.25) is 9.59 Å². The zero-order valence-electron chi connectivity index (χ0n) is 12.2. The topological polar surface area (TPSA) is 49.4 Å². The van der Waals surface area contributed by atoms with E-state index in [9.17, 15) is 9.59 Å². The third kappa shape index (κ3) is 3.56. The van der Waals surface area contributed by atoms with Crippen LogP contribution in [0.15, 0.2) is 35.0 Å². The Morgan fingerprint density at radius 3 is 2.50 bits per heavy atom. The molecule has 1 fully saturated rings. The van der Waals surface area contributed by atoms with E-state index in [1.165, 1.54) is 16.2 Å². The molecule has 3 heterocycles. The average Bonchev–Trinajstić information content (AvgIpc) is 3.25. The predicted octanol–water partition coefficient (Wildman–Crippen LogP) is 2.98. The van der Waals surface area contributed by atoms with Gasteiger partial charge < -0.3 is 10.2 Å². The van der Waals surface area contributed by atoms with Crippen molar-refractivity contribution < 1.29 is 9.59 Å². The minimum absolute atomic E-state index is 0.0207. The molecule has 0 saturated carbocycles. The van der Waals surface area contributed by atoms with Crippen molar-refractivity contribution in [3.63, 3.8) is 0 Å². The molecule has 2 aromatic rings. The van der Waals surface area contributed by atoms with Gasteiger partial charge >= 0.3 is 0 Å². The van der Waals surface area contributed by atoms with Gasteiger partial charge in [-0.05, 0) is 35.7 Å². The highest BCUT2D eigenvalue weighted by Crippen LogP contribution is 2.21. The highest BCUT2D eigenvalue weighted by molar-refractivity contribution is 7.12. The summed E-state index contributed by atoms with van der Waals surface area (Å²) in [5, 5.41) is 6.92. The van der Waals surface area contributed by atoms with Gasteiger partial charge in [-0.25, -0.2) is 0 Å². The molecule has 1 N–H and O–H groups in total. The number of amides is 2. The van der Waals surface area contributed by atoms with Crippen LogP contribution < -0.4 is 5.32 Å². The number of hydrogen-bond donors (Lipinski definition) is 1. The van der Waals surface area contributed by atoms with Gasteiger partial charge in [-0.1, -0.05) is 12.1 Å². The number of hydrogen-bond acceptors (Lipinski definition) is 4. The van der Waals surface area contributed by atoms with E-state index in [4.69, 9.17) is 0 Å². The van der Waals surface area contributed by atoms with E-state index < -0.39 is 0 Å². The largest absolute Gasteiger partial charge is 0.351 e. The fourth-order valence-electron chi connectivity index (χ4n) is 2.63. The second-order valence-corrected chi connectivity index (χ2v) is 7.32. The summed E-state index contributed by atoms with van der Waals surface area (Å²) in [5.41, 5.74) is 0. The van der Waals surface area contributed by atoms with E-state index in [2.05, 4.69) is 5.32 Å². The Morgan fingerprint density at radius 2 is 1.86 bits per heavy atom. The van der Waals surface area contributed by atoms with Crippen LogP contribution in [0.25, 0.3) is 0 Å². The number of nitrogens with one attached hydrogen (secondary N) is 1. The maximum absolute atomic E-state index is 12.3.